The number of hydrogen-bond acceptors (Lipinski definition) is 5. The molecule has 0 amide bonds. The maximum absolute atomic E-state index is 4.33. The van der Waals surface area contributed by atoms with Gasteiger partial charge < -0.3 is 10.6 Å². The van der Waals surface area contributed by atoms with E-state index >= 15 is 0 Å². The summed E-state index contributed by atoms with van der Waals surface area (Å²) in [6, 6.07) is 3.79. The lowest BCUT2D eigenvalue weighted by Gasteiger charge is -2.08. The first-order valence-corrected chi connectivity index (χ1v) is 6.03. The van der Waals surface area contributed by atoms with Gasteiger partial charge in [0, 0.05) is 31.9 Å². The average Bonchev–Trinajstić information content (AvgIpc) is 2.71. The molecule has 2 aromatic rings. The van der Waals surface area contributed by atoms with Gasteiger partial charge in [0.2, 0.25) is 0 Å². The fraction of sp³-hybridized carbons (Fsp3) is 0.417. The third kappa shape index (κ3) is 3.19. The molecule has 2 heterocycles. The van der Waals surface area contributed by atoms with E-state index < -0.39 is 0 Å². The fourth-order valence-electron chi connectivity index (χ4n) is 1.59. The van der Waals surface area contributed by atoms with Crippen molar-refractivity contribution in [3.63, 3.8) is 0 Å². The van der Waals surface area contributed by atoms with Crippen LogP contribution in [0.15, 0.2) is 18.3 Å². The molecule has 2 aromatic heterocycles. The highest BCUT2D eigenvalue weighted by Crippen LogP contribution is 2.15. The third-order valence-corrected chi connectivity index (χ3v) is 2.36. The van der Waals surface area contributed by atoms with Crippen molar-refractivity contribution in [1.82, 2.24) is 19.7 Å². The Morgan fingerprint density at radius 2 is 2.00 bits per heavy atom. The van der Waals surface area contributed by atoms with Crippen LogP contribution in [0, 0.1) is 6.92 Å². The Hall–Kier alpha value is -2.11. The SMILES string of the molecule is CCCNc1cc(Nc2ccn(C)n2)nc(C)n1. The highest BCUT2D eigenvalue weighted by Gasteiger charge is 2.03. The largest absolute Gasteiger partial charge is 0.370 e. The summed E-state index contributed by atoms with van der Waals surface area (Å²) >= 11 is 0. The Morgan fingerprint density at radius 1 is 1.22 bits per heavy atom. The summed E-state index contributed by atoms with van der Waals surface area (Å²) in [5, 5.41) is 10.7. The van der Waals surface area contributed by atoms with E-state index in [1.165, 1.54) is 0 Å². The van der Waals surface area contributed by atoms with Crippen LogP contribution in [0.5, 0.6) is 0 Å². The van der Waals surface area contributed by atoms with E-state index in [1.54, 1.807) is 4.68 Å². The van der Waals surface area contributed by atoms with E-state index in [0.29, 0.717) is 0 Å². The highest BCUT2D eigenvalue weighted by molar-refractivity contribution is 5.55. The normalized spacial score (nSPS) is 10.4. The minimum atomic E-state index is 0.731. The second-order valence-corrected chi connectivity index (χ2v) is 4.11. The summed E-state index contributed by atoms with van der Waals surface area (Å²) in [4.78, 5) is 8.67. The standard InChI is InChI=1S/C12H18N6/c1-4-6-13-11-8-12(15-9(2)14-11)16-10-5-7-18(3)17-10/h5,7-8H,4,6H2,1-3H3,(H2,13,14,15,16,17). The Labute approximate surface area is 106 Å². The molecule has 0 fully saturated rings. The number of aromatic nitrogens is 4. The maximum atomic E-state index is 4.33. The van der Waals surface area contributed by atoms with Gasteiger partial charge in [-0.1, -0.05) is 6.92 Å². The minimum absolute atomic E-state index is 0.731. The first kappa shape index (κ1) is 12.3. The van der Waals surface area contributed by atoms with Gasteiger partial charge in [0.1, 0.15) is 17.5 Å². The zero-order valence-electron chi connectivity index (χ0n) is 10.9. The van der Waals surface area contributed by atoms with Crippen LogP contribution in [0.3, 0.4) is 0 Å². The number of anilines is 3. The summed E-state index contributed by atoms with van der Waals surface area (Å²) in [7, 11) is 1.88. The summed E-state index contributed by atoms with van der Waals surface area (Å²) in [5.41, 5.74) is 0. The van der Waals surface area contributed by atoms with Crippen LogP contribution in [0.2, 0.25) is 0 Å². The molecule has 96 valence electrons. The van der Waals surface area contributed by atoms with Crippen molar-refractivity contribution in [3.8, 4) is 0 Å². The van der Waals surface area contributed by atoms with Crippen LogP contribution >= 0.6 is 0 Å². The maximum Gasteiger partial charge on any atom is 0.153 e. The summed E-state index contributed by atoms with van der Waals surface area (Å²) < 4.78 is 1.74. The molecule has 0 saturated carbocycles. The van der Waals surface area contributed by atoms with Crippen molar-refractivity contribution in [1.29, 1.82) is 0 Å². The van der Waals surface area contributed by atoms with Gasteiger partial charge in [-0.15, -0.1) is 0 Å². The molecule has 0 aliphatic rings. The van der Waals surface area contributed by atoms with Gasteiger partial charge in [-0.3, -0.25) is 4.68 Å². The van der Waals surface area contributed by atoms with Crippen molar-refractivity contribution in [2.45, 2.75) is 20.3 Å². The summed E-state index contributed by atoms with van der Waals surface area (Å²) in [5.74, 6) is 3.09. The Balaban J connectivity index is 2.14. The molecule has 6 nitrogen and oxygen atoms in total. The van der Waals surface area contributed by atoms with Gasteiger partial charge >= 0.3 is 0 Å². The van der Waals surface area contributed by atoms with Crippen molar-refractivity contribution in [2.75, 3.05) is 17.2 Å². The Morgan fingerprint density at radius 3 is 2.67 bits per heavy atom. The molecular weight excluding hydrogens is 228 g/mol. The van der Waals surface area contributed by atoms with Crippen molar-refractivity contribution in [3.05, 3.63) is 24.2 Å². The second-order valence-electron chi connectivity index (χ2n) is 4.11. The number of hydrogen-bond donors (Lipinski definition) is 2. The summed E-state index contributed by atoms with van der Waals surface area (Å²) in [6.07, 6.45) is 2.94. The molecule has 0 aliphatic heterocycles. The number of nitrogens with zero attached hydrogens (tertiary/aromatic N) is 4. The van der Waals surface area contributed by atoms with E-state index in [0.717, 1.165) is 36.2 Å². The lowest BCUT2D eigenvalue weighted by molar-refractivity contribution is 0.771. The van der Waals surface area contributed by atoms with Crippen molar-refractivity contribution >= 4 is 17.5 Å². The molecule has 0 bridgehead atoms. The second kappa shape index (κ2) is 5.48. The Bertz CT molecular complexity index is 519. The molecule has 2 N–H and O–H groups in total. The number of nitrogens with one attached hydrogen (secondary N) is 2. The van der Waals surface area contributed by atoms with Crippen LogP contribution in [-0.2, 0) is 7.05 Å². The fourth-order valence-corrected chi connectivity index (χ4v) is 1.59. The van der Waals surface area contributed by atoms with E-state index in [2.05, 4.69) is 32.6 Å². The smallest absolute Gasteiger partial charge is 0.153 e. The van der Waals surface area contributed by atoms with E-state index in [-0.39, 0.29) is 0 Å². The van der Waals surface area contributed by atoms with E-state index in [4.69, 9.17) is 0 Å². The first-order chi connectivity index (χ1) is 8.67. The van der Waals surface area contributed by atoms with Crippen LogP contribution in [-0.4, -0.2) is 26.3 Å². The van der Waals surface area contributed by atoms with Gasteiger partial charge in [0.15, 0.2) is 5.82 Å². The quantitative estimate of drug-likeness (QED) is 0.845. The van der Waals surface area contributed by atoms with Crippen LogP contribution < -0.4 is 10.6 Å². The van der Waals surface area contributed by atoms with Crippen LogP contribution in [0.4, 0.5) is 17.5 Å². The molecule has 0 radical (unpaired) electrons. The minimum Gasteiger partial charge on any atom is -0.370 e. The number of aryl methyl sites for hydroxylation is 2. The lowest BCUT2D eigenvalue weighted by Crippen LogP contribution is -2.05. The molecule has 0 aromatic carbocycles. The molecule has 0 saturated heterocycles. The molecule has 0 atom stereocenters. The van der Waals surface area contributed by atoms with Crippen LogP contribution in [0.1, 0.15) is 19.2 Å². The van der Waals surface area contributed by atoms with Gasteiger partial charge in [-0.2, -0.15) is 5.10 Å². The lowest BCUT2D eigenvalue weighted by atomic mass is 10.4. The first-order valence-electron chi connectivity index (χ1n) is 6.03. The third-order valence-electron chi connectivity index (χ3n) is 2.36. The molecule has 0 unspecified atom stereocenters. The van der Waals surface area contributed by atoms with Gasteiger partial charge in [0.05, 0.1) is 0 Å². The molecule has 0 aliphatic carbocycles. The molecule has 6 heteroatoms. The summed E-state index contributed by atoms with van der Waals surface area (Å²) in [6.45, 7) is 4.90. The topological polar surface area (TPSA) is 67.7 Å². The zero-order chi connectivity index (χ0) is 13.0. The predicted octanol–water partition coefficient (Wildman–Crippen LogP) is 2.08. The number of rotatable bonds is 5. The van der Waals surface area contributed by atoms with Gasteiger partial charge in [0.25, 0.3) is 0 Å². The highest BCUT2D eigenvalue weighted by atomic mass is 15.3. The van der Waals surface area contributed by atoms with Gasteiger partial charge in [-0.05, 0) is 13.3 Å². The van der Waals surface area contributed by atoms with Crippen molar-refractivity contribution < 1.29 is 0 Å². The average molecular weight is 246 g/mol. The predicted molar refractivity (Wildman–Crippen MR) is 72.0 cm³/mol. The van der Waals surface area contributed by atoms with Gasteiger partial charge in [-0.25, -0.2) is 9.97 Å². The van der Waals surface area contributed by atoms with E-state index in [9.17, 15) is 0 Å². The van der Waals surface area contributed by atoms with Crippen molar-refractivity contribution in [2.24, 2.45) is 7.05 Å². The van der Waals surface area contributed by atoms with Crippen LogP contribution in [0.25, 0.3) is 0 Å². The zero-order valence-corrected chi connectivity index (χ0v) is 10.9. The molecule has 2 rings (SSSR count). The molecule has 18 heavy (non-hydrogen) atoms. The Kier molecular flexibility index (Phi) is 3.76. The monoisotopic (exact) mass is 246 g/mol. The molecule has 0 spiro atoms. The molecular formula is C12H18N6. The van der Waals surface area contributed by atoms with E-state index in [1.807, 2.05) is 32.3 Å².